The molecule has 6 heteroatoms. The number of aromatic nitrogens is 4. The van der Waals surface area contributed by atoms with E-state index in [2.05, 4.69) is 15.2 Å². The fourth-order valence-electron chi connectivity index (χ4n) is 2.00. The normalized spacial score (nSPS) is 10.7. The van der Waals surface area contributed by atoms with Crippen LogP contribution < -0.4 is 0 Å². The van der Waals surface area contributed by atoms with Crippen LogP contribution in [0.25, 0.3) is 17.1 Å². The Labute approximate surface area is 126 Å². The lowest BCUT2D eigenvalue weighted by atomic mass is 10.2. The SMILES string of the molecule is Cc1ccc(Cl)c(-n2c(-c3cccnc3)n[nH]c2=S)c1. The first-order valence-electron chi connectivity index (χ1n) is 6.01. The van der Waals surface area contributed by atoms with Crippen LogP contribution in [0.5, 0.6) is 0 Å². The molecule has 20 heavy (non-hydrogen) atoms. The molecule has 0 bridgehead atoms. The van der Waals surface area contributed by atoms with E-state index in [-0.39, 0.29) is 0 Å². The molecule has 3 rings (SSSR count). The molecular weight excluding hydrogens is 292 g/mol. The topological polar surface area (TPSA) is 46.5 Å². The third-order valence-corrected chi connectivity index (χ3v) is 3.53. The van der Waals surface area contributed by atoms with Crippen LogP contribution in [0.3, 0.4) is 0 Å². The number of nitrogens with zero attached hydrogens (tertiary/aromatic N) is 3. The number of aryl methyl sites for hydroxylation is 1. The summed E-state index contributed by atoms with van der Waals surface area (Å²) in [5, 5.41) is 7.71. The van der Waals surface area contributed by atoms with E-state index in [4.69, 9.17) is 23.8 Å². The lowest BCUT2D eigenvalue weighted by Gasteiger charge is -2.09. The molecule has 3 aromatic rings. The van der Waals surface area contributed by atoms with Gasteiger partial charge in [-0.3, -0.25) is 14.6 Å². The van der Waals surface area contributed by atoms with Crippen LogP contribution >= 0.6 is 23.8 Å². The third-order valence-electron chi connectivity index (χ3n) is 2.93. The zero-order valence-corrected chi connectivity index (χ0v) is 12.2. The predicted molar refractivity (Wildman–Crippen MR) is 81.7 cm³/mol. The lowest BCUT2D eigenvalue weighted by Crippen LogP contribution is -1.99. The van der Waals surface area contributed by atoms with E-state index in [1.54, 1.807) is 12.4 Å². The fraction of sp³-hybridized carbons (Fsp3) is 0.0714. The number of nitrogens with one attached hydrogen (secondary N) is 1. The van der Waals surface area contributed by atoms with Crippen molar-refractivity contribution in [2.24, 2.45) is 0 Å². The van der Waals surface area contributed by atoms with Gasteiger partial charge in [-0.05, 0) is 49.0 Å². The first-order chi connectivity index (χ1) is 9.66. The average molecular weight is 303 g/mol. The highest BCUT2D eigenvalue weighted by Gasteiger charge is 2.13. The molecule has 100 valence electrons. The van der Waals surface area contributed by atoms with Crippen molar-refractivity contribution in [3.8, 4) is 17.1 Å². The van der Waals surface area contributed by atoms with Gasteiger partial charge in [-0.15, -0.1) is 0 Å². The summed E-state index contributed by atoms with van der Waals surface area (Å²) in [7, 11) is 0. The molecule has 2 heterocycles. The fourth-order valence-corrected chi connectivity index (χ4v) is 2.44. The number of H-pyrrole nitrogens is 1. The average Bonchev–Trinajstić information content (AvgIpc) is 2.84. The van der Waals surface area contributed by atoms with Crippen molar-refractivity contribution in [3.63, 3.8) is 0 Å². The molecule has 1 aromatic carbocycles. The van der Waals surface area contributed by atoms with Gasteiger partial charge < -0.3 is 0 Å². The van der Waals surface area contributed by atoms with E-state index in [9.17, 15) is 0 Å². The van der Waals surface area contributed by atoms with Gasteiger partial charge in [-0.1, -0.05) is 17.7 Å². The van der Waals surface area contributed by atoms with Crippen molar-refractivity contribution in [2.45, 2.75) is 6.92 Å². The molecule has 0 amide bonds. The molecule has 0 saturated carbocycles. The van der Waals surface area contributed by atoms with Crippen molar-refractivity contribution in [1.29, 1.82) is 0 Å². The Morgan fingerprint density at radius 2 is 2.15 bits per heavy atom. The molecule has 0 saturated heterocycles. The number of pyridine rings is 1. The molecule has 0 aliphatic heterocycles. The maximum absolute atomic E-state index is 6.29. The molecule has 0 fully saturated rings. The number of hydrogen-bond acceptors (Lipinski definition) is 3. The first kappa shape index (κ1) is 13.0. The molecular formula is C14H11ClN4S. The molecule has 0 aliphatic carbocycles. The number of rotatable bonds is 2. The van der Waals surface area contributed by atoms with Crippen molar-refractivity contribution in [1.82, 2.24) is 19.7 Å². The monoisotopic (exact) mass is 302 g/mol. The maximum Gasteiger partial charge on any atom is 0.200 e. The van der Waals surface area contributed by atoms with Crippen molar-refractivity contribution >= 4 is 23.8 Å². The maximum atomic E-state index is 6.29. The minimum Gasteiger partial charge on any atom is -0.267 e. The molecule has 4 nitrogen and oxygen atoms in total. The highest BCUT2D eigenvalue weighted by atomic mass is 35.5. The van der Waals surface area contributed by atoms with Crippen LogP contribution in [0.4, 0.5) is 0 Å². The molecule has 0 unspecified atom stereocenters. The zero-order valence-electron chi connectivity index (χ0n) is 10.7. The van der Waals surface area contributed by atoms with Gasteiger partial charge >= 0.3 is 0 Å². The highest BCUT2D eigenvalue weighted by Crippen LogP contribution is 2.26. The number of halogens is 1. The molecule has 1 N–H and O–H groups in total. The summed E-state index contributed by atoms with van der Waals surface area (Å²) in [6.45, 7) is 2.01. The summed E-state index contributed by atoms with van der Waals surface area (Å²) in [4.78, 5) is 4.11. The van der Waals surface area contributed by atoms with Gasteiger partial charge in [0.15, 0.2) is 10.6 Å². The minimum absolute atomic E-state index is 0.497. The Morgan fingerprint density at radius 1 is 1.30 bits per heavy atom. The molecule has 0 radical (unpaired) electrons. The summed E-state index contributed by atoms with van der Waals surface area (Å²) in [5.41, 5.74) is 2.78. The summed E-state index contributed by atoms with van der Waals surface area (Å²) in [5.74, 6) is 0.690. The van der Waals surface area contributed by atoms with E-state index in [0.29, 0.717) is 15.6 Å². The zero-order chi connectivity index (χ0) is 14.1. The Kier molecular flexibility index (Phi) is 3.38. The van der Waals surface area contributed by atoms with Gasteiger partial charge in [0.2, 0.25) is 0 Å². The Balaban J connectivity index is 2.27. The van der Waals surface area contributed by atoms with E-state index in [1.807, 2.05) is 41.8 Å². The molecule has 0 aliphatic rings. The summed E-state index contributed by atoms with van der Waals surface area (Å²) >= 11 is 11.6. The van der Waals surface area contributed by atoms with Crippen molar-refractivity contribution in [3.05, 3.63) is 58.1 Å². The van der Waals surface area contributed by atoms with Gasteiger partial charge in [-0.25, -0.2) is 0 Å². The van der Waals surface area contributed by atoms with Crippen molar-refractivity contribution in [2.75, 3.05) is 0 Å². The second-order valence-electron chi connectivity index (χ2n) is 4.38. The Morgan fingerprint density at radius 3 is 2.90 bits per heavy atom. The van der Waals surface area contributed by atoms with Gasteiger partial charge in [0.05, 0.1) is 10.7 Å². The van der Waals surface area contributed by atoms with Gasteiger partial charge in [0.25, 0.3) is 0 Å². The van der Waals surface area contributed by atoms with Gasteiger partial charge in [-0.2, -0.15) is 5.10 Å². The van der Waals surface area contributed by atoms with Crippen LogP contribution in [0.2, 0.25) is 5.02 Å². The van der Waals surface area contributed by atoms with Gasteiger partial charge in [0.1, 0.15) is 0 Å². The lowest BCUT2D eigenvalue weighted by molar-refractivity contribution is 1.03. The number of aromatic amines is 1. The van der Waals surface area contributed by atoms with Crippen molar-refractivity contribution < 1.29 is 0 Å². The van der Waals surface area contributed by atoms with Gasteiger partial charge in [0, 0.05) is 18.0 Å². The molecule has 0 spiro atoms. The number of hydrogen-bond donors (Lipinski definition) is 1. The third kappa shape index (κ3) is 2.26. The van der Waals surface area contributed by atoms with Crippen LogP contribution in [0, 0.1) is 11.7 Å². The molecule has 0 atom stereocenters. The Hall–Kier alpha value is -1.98. The second kappa shape index (κ2) is 5.19. The van der Waals surface area contributed by atoms with E-state index in [0.717, 1.165) is 16.8 Å². The summed E-state index contributed by atoms with van der Waals surface area (Å²) in [6.07, 6.45) is 3.46. The van der Waals surface area contributed by atoms with E-state index in [1.165, 1.54) is 0 Å². The van der Waals surface area contributed by atoms with Crippen LogP contribution in [-0.4, -0.2) is 19.7 Å². The Bertz CT molecular complexity index is 808. The van der Waals surface area contributed by atoms with Crippen LogP contribution in [-0.2, 0) is 0 Å². The van der Waals surface area contributed by atoms with E-state index >= 15 is 0 Å². The quantitative estimate of drug-likeness (QED) is 0.729. The standard InChI is InChI=1S/C14H11ClN4S/c1-9-4-5-11(15)12(7-9)19-13(17-18-14(19)20)10-3-2-6-16-8-10/h2-8H,1H3,(H,18,20). The second-order valence-corrected chi connectivity index (χ2v) is 5.18. The largest absolute Gasteiger partial charge is 0.267 e. The number of benzene rings is 1. The van der Waals surface area contributed by atoms with Crippen LogP contribution in [0.1, 0.15) is 5.56 Å². The highest BCUT2D eigenvalue weighted by molar-refractivity contribution is 7.71. The summed E-state index contributed by atoms with van der Waals surface area (Å²) in [6, 6.07) is 9.58. The summed E-state index contributed by atoms with van der Waals surface area (Å²) < 4.78 is 2.32. The van der Waals surface area contributed by atoms with E-state index < -0.39 is 0 Å². The first-order valence-corrected chi connectivity index (χ1v) is 6.80. The predicted octanol–water partition coefficient (Wildman–Crippen LogP) is 3.95. The minimum atomic E-state index is 0.497. The van der Waals surface area contributed by atoms with Crippen LogP contribution in [0.15, 0.2) is 42.7 Å². The molecule has 2 aromatic heterocycles. The smallest absolute Gasteiger partial charge is 0.200 e.